The van der Waals surface area contributed by atoms with Crippen LogP contribution in [0.4, 0.5) is 5.82 Å². The van der Waals surface area contributed by atoms with E-state index < -0.39 is 0 Å². The predicted molar refractivity (Wildman–Crippen MR) is 96.3 cm³/mol. The number of aromatic amines is 1. The highest BCUT2D eigenvalue weighted by Gasteiger charge is 2.17. The average molecular weight is 331 g/mol. The molecule has 3 N–H and O–H groups in total. The molecule has 0 aliphatic heterocycles. The van der Waals surface area contributed by atoms with Crippen molar-refractivity contribution in [3.05, 3.63) is 54.5 Å². The lowest BCUT2D eigenvalue weighted by molar-refractivity contribution is -0.118. The third kappa shape index (κ3) is 3.06. The maximum Gasteiger partial charge on any atom is 0.160 e. The highest BCUT2D eigenvalue weighted by atomic mass is 16.1. The van der Waals surface area contributed by atoms with Crippen molar-refractivity contribution in [2.24, 2.45) is 0 Å². The molecule has 1 aliphatic carbocycles. The van der Waals surface area contributed by atoms with Crippen LogP contribution in [0.1, 0.15) is 25.0 Å². The third-order valence-corrected chi connectivity index (χ3v) is 4.26. The van der Waals surface area contributed by atoms with Crippen molar-refractivity contribution in [2.75, 3.05) is 5.73 Å². The first kappa shape index (κ1) is 15.3. The van der Waals surface area contributed by atoms with Gasteiger partial charge < -0.3 is 10.7 Å². The maximum absolute atomic E-state index is 11.4. The number of nitrogen functional groups attached to an aromatic ring is 1. The van der Waals surface area contributed by atoms with Gasteiger partial charge in [-0.3, -0.25) is 4.79 Å². The van der Waals surface area contributed by atoms with Gasteiger partial charge in [0.1, 0.15) is 11.5 Å². The number of hydrogen-bond acceptors (Lipinski definition) is 5. The first-order valence-electron chi connectivity index (χ1n) is 8.15. The number of carbonyl (C=O) groups excluding carboxylic acids is 1. The lowest BCUT2D eigenvalue weighted by Gasteiger charge is -2.12. The molecule has 2 heterocycles. The van der Waals surface area contributed by atoms with Crippen LogP contribution in [0, 0.1) is 0 Å². The van der Waals surface area contributed by atoms with Crippen LogP contribution in [-0.2, 0) is 4.79 Å². The second-order valence-corrected chi connectivity index (χ2v) is 5.97. The van der Waals surface area contributed by atoms with Crippen molar-refractivity contribution < 1.29 is 4.79 Å². The molecular weight excluding hydrogens is 314 g/mol. The molecule has 0 fully saturated rings. The molecule has 0 spiro atoms. The number of imidazole rings is 1. The smallest absolute Gasteiger partial charge is 0.160 e. The summed E-state index contributed by atoms with van der Waals surface area (Å²) in [6, 6.07) is 9.93. The van der Waals surface area contributed by atoms with E-state index in [0.717, 1.165) is 22.5 Å². The number of hydrogen-bond donors (Lipinski definition) is 2. The number of nitrogens with one attached hydrogen (secondary N) is 1. The van der Waals surface area contributed by atoms with Crippen molar-refractivity contribution in [1.29, 1.82) is 0 Å². The van der Waals surface area contributed by atoms with Gasteiger partial charge in [-0.15, -0.1) is 0 Å². The van der Waals surface area contributed by atoms with E-state index in [1.165, 1.54) is 0 Å². The lowest BCUT2D eigenvalue weighted by atomic mass is 9.96. The van der Waals surface area contributed by atoms with Gasteiger partial charge in [0.25, 0.3) is 0 Å². The highest BCUT2D eigenvalue weighted by Crippen LogP contribution is 2.28. The van der Waals surface area contributed by atoms with Crippen LogP contribution in [0.2, 0.25) is 0 Å². The molecule has 1 aliphatic rings. The average Bonchev–Trinajstić information content (AvgIpc) is 3.14. The molecule has 6 heteroatoms. The largest absolute Gasteiger partial charge is 0.382 e. The van der Waals surface area contributed by atoms with Gasteiger partial charge in [-0.2, -0.15) is 0 Å². The second-order valence-electron chi connectivity index (χ2n) is 5.97. The second kappa shape index (κ2) is 6.32. The van der Waals surface area contributed by atoms with Crippen LogP contribution in [0.5, 0.6) is 0 Å². The molecule has 0 amide bonds. The summed E-state index contributed by atoms with van der Waals surface area (Å²) in [4.78, 5) is 28.0. The summed E-state index contributed by atoms with van der Waals surface area (Å²) in [5.74, 6) is 1.16. The summed E-state index contributed by atoms with van der Waals surface area (Å²) in [6.07, 6.45) is 7.03. The van der Waals surface area contributed by atoms with E-state index in [-0.39, 0.29) is 5.78 Å². The van der Waals surface area contributed by atoms with Gasteiger partial charge in [-0.05, 0) is 17.6 Å². The zero-order valence-electron chi connectivity index (χ0n) is 13.6. The van der Waals surface area contributed by atoms with Gasteiger partial charge in [-0.1, -0.05) is 36.4 Å². The Balaban J connectivity index is 1.70. The fourth-order valence-electron chi connectivity index (χ4n) is 2.88. The summed E-state index contributed by atoms with van der Waals surface area (Å²) in [6.45, 7) is 0. The van der Waals surface area contributed by atoms with Crippen LogP contribution in [0.15, 0.2) is 48.8 Å². The van der Waals surface area contributed by atoms with Crippen molar-refractivity contribution >= 4 is 17.2 Å². The van der Waals surface area contributed by atoms with Crippen molar-refractivity contribution in [3.8, 4) is 22.8 Å². The molecule has 6 nitrogen and oxygen atoms in total. The van der Waals surface area contributed by atoms with Crippen molar-refractivity contribution in [2.45, 2.75) is 19.3 Å². The first-order chi connectivity index (χ1) is 12.2. The molecule has 0 saturated carbocycles. The number of ketones is 1. The van der Waals surface area contributed by atoms with Gasteiger partial charge in [0.05, 0.1) is 23.8 Å². The Bertz CT molecular complexity index is 959. The molecular formula is C19H17N5O. The molecule has 25 heavy (non-hydrogen) atoms. The topological polar surface area (TPSA) is 97.6 Å². The number of nitrogens with zero attached hydrogens (tertiary/aromatic N) is 3. The lowest BCUT2D eigenvalue weighted by Crippen LogP contribution is -2.06. The van der Waals surface area contributed by atoms with Gasteiger partial charge in [0, 0.05) is 12.8 Å². The van der Waals surface area contributed by atoms with Crippen LogP contribution in [-0.4, -0.2) is 25.7 Å². The molecule has 0 radical (unpaired) electrons. The summed E-state index contributed by atoms with van der Waals surface area (Å²) in [7, 11) is 0. The maximum atomic E-state index is 11.4. The monoisotopic (exact) mass is 331 g/mol. The van der Waals surface area contributed by atoms with Crippen molar-refractivity contribution in [1.82, 2.24) is 19.9 Å². The van der Waals surface area contributed by atoms with Crippen molar-refractivity contribution in [3.63, 3.8) is 0 Å². The van der Waals surface area contributed by atoms with E-state index in [1.54, 1.807) is 12.4 Å². The SMILES string of the molecule is Nc1ncc(C2=CCC(=O)CC2)nc1-c1ncc(-c2ccccc2)[nH]1. The van der Waals surface area contributed by atoms with E-state index in [1.807, 2.05) is 36.4 Å². The minimum atomic E-state index is 0.255. The molecule has 0 saturated heterocycles. The summed E-state index contributed by atoms with van der Waals surface area (Å²) >= 11 is 0. The number of aromatic nitrogens is 4. The number of rotatable bonds is 3. The number of anilines is 1. The molecule has 2 aromatic heterocycles. The third-order valence-electron chi connectivity index (χ3n) is 4.26. The predicted octanol–water partition coefficient (Wildman–Crippen LogP) is 3.25. The van der Waals surface area contributed by atoms with E-state index >= 15 is 0 Å². The number of nitrogens with two attached hydrogens (primary N) is 1. The number of H-pyrrole nitrogens is 1. The number of Topliss-reactive ketones (excluding diaryl/α,β-unsaturated/α-hetero) is 1. The van der Waals surface area contributed by atoms with Gasteiger partial charge >= 0.3 is 0 Å². The Labute approximate surface area is 144 Å². The zero-order chi connectivity index (χ0) is 17.2. The fourth-order valence-corrected chi connectivity index (χ4v) is 2.88. The summed E-state index contributed by atoms with van der Waals surface area (Å²) in [5.41, 5.74) is 10.2. The summed E-state index contributed by atoms with van der Waals surface area (Å²) < 4.78 is 0. The number of benzene rings is 1. The zero-order valence-corrected chi connectivity index (χ0v) is 13.6. The highest BCUT2D eigenvalue weighted by molar-refractivity contribution is 5.86. The van der Waals surface area contributed by atoms with Crippen LogP contribution in [0.3, 0.4) is 0 Å². The van der Waals surface area contributed by atoms with Gasteiger partial charge in [-0.25, -0.2) is 15.0 Å². The van der Waals surface area contributed by atoms with Gasteiger partial charge in [0.15, 0.2) is 11.6 Å². The summed E-state index contributed by atoms with van der Waals surface area (Å²) in [5, 5.41) is 0. The molecule has 0 bridgehead atoms. The number of allylic oxidation sites excluding steroid dienone is 2. The molecule has 3 aromatic rings. The van der Waals surface area contributed by atoms with E-state index in [9.17, 15) is 4.79 Å². The molecule has 0 unspecified atom stereocenters. The standard InChI is InChI=1S/C19H17N5O/c20-18-17(19-22-11-16(24-19)12-4-2-1-3-5-12)23-15(10-21-18)13-6-8-14(25)9-7-13/h1-6,10-11H,7-9H2,(H2,20,21)(H,22,24). The first-order valence-corrected chi connectivity index (χ1v) is 8.15. The number of carbonyl (C=O) groups is 1. The van der Waals surface area contributed by atoms with E-state index in [2.05, 4.69) is 19.9 Å². The van der Waals surface area contributed by atoms with Crippen LogP contribution in [0.25, 0.3) is 28.3 Å². The normalized spacial score (nSPS) is 14.4. The Kier molecular flexibility index (Phi) is 3.85. The van der Waals surface area contributed by atoms with E-state index in [0.29, 0.717) is 36.6 Å². The Morgan fingerprint density at radius 2 is 1.88 bits per heavy atom. The molecule has 124 valence electrons. The fraction of sp³-hybridized carbons (Fsp3) is 0.158. The quantitative estimate of drug-likeness (QED) is 0.768. The minimum Gasteiger partial charge on any atom is -0.382 e. The molecule has 0 atom stereocenters. The molecule has 1 aromatic carbocycles. The Morgan fingerprint density at radius 1 is 1.04 bits per heavy atom. The minimum absolute atomic E-state index is 0.255. The Hall–Kier alpha value is -3.28. The van der Waals surface area contributed by atoms with E-state index in [4.69, 9.17) is 5.73 Å². The Morgan fingerprint density at radius 3 is 2.64 bits per heavy atom. The van der Waals surface area contributed by atoms with Crippen LogP contribution < -0.4 is 5.73 Å². The molecule has 4 rings (SSSR count). The van der Waals surface area contributed by atoms with Crippen LogP contribution >= 0.6 is 0 Å². The van der Waals surface area contributed by atoms with Gasteiger partial charge in [0.2, 0.25) is 0 Å².